The molecule has 1 aliphatic rings. The molecule has 0 aliphatic carbocycles. The number of rotatable bonds is 4. The van der Waals surface area contributed by atoms with E-state index in [1.807, 2.05) is 42.5 Å². The highest BCUT2D eigenvalue weighted by Crippen LogP contribution is 2.25. The summed E-state index contributed by atoms with van der Waals surface area (Å²) >= 11 is 0. The zero-order chi connectivity index (χ0) is 18.8. The quantitative estimate of drug-likeness (QED) is 0.732. The fourth-order valence-electron chi connectivity index (χ4n) is 2.95. The zero-order valence-corrected chi connectivity index (χ0v) is 14.6. The van der Waals surface area contributed by atoms with Crippen LogP contribution >= 0.6 is 0 Å². The maximum absolute atomic E-state index is 13.0. The van der Waals surface area contributed by atoms with Gasteiger partial charge in [-0.15, -0.1) is 0 Å². The molecule has 1 atom stereocenters. The van der Waals surface area contributed by atoms with Gasteiger partial charge in [0.15, 0.2) is 0 Å². The molecule has 0 fully saturated rings. The number of carbonyl (C=O) groups excluding carboxylic acids is 1. The van der Waals surface area contributed by atoms with Gasteiger partial charge in [0.2, 0.25) is 11.7 Å². The third kappa shape index (κ3) is 3.10. The Bertz CT molecular complexity index is 1070. The van der Waals surface area contributed by atoms with Gasteiger partial charge in [-0.1, -0.05) is 18.2 Å². The lowest BCUT2D eigenvalue weighted by molar-refractivity contribution is -0.117. The fourth-order valence-corrected chi connectivity index (χ4v) is 2.95. The molecule has 7 nitrogen and oxygen atoms in total. The Hall–Kier alpha value is -3.74. The number of amides is 1. The molecular weight excluding hydrogens is 344 g/mol. The molecule has 0 saturated heterocycles. The van der Waals surface area contributed by atoms with E-state index in [9.17, 15) is 4.79 Å². The summed E-state index contributed by atoms with van der Waals surface area (Å²) in [6.07, 6.45) is 0.599. The molecule has 0 spiro atoms. The van der Waals surface area contributed by atoms with Crippen molar-refractivity contribution in [1.82, 2.24) is 0 Å². The summed E-state index contributed by atoms with van der Waals surface area (Å²) in [5, 5.41) is 3.52. The summed E-state index contributed by atoms with van der Waals surface area (Å²) in [5.74, 6) is 0.787. The number of nitrogens with zero attached hydrogens (tertiary/aromatic N) is 2. The van der Waals surface area contributed by atoms with E-state index < -0.39 is 6.17 Å². The van der Waals surface area contributed by atoms with Crippen LogP contribution in [0.25, 0.3) is 5.82 Å². The van der Waals surface area contributed by atoms with Crippen LogP contribution in [-0.2, 0) is 4.79 Å². The summed E-state index contributed by atoms with van der Waals surface area (Å²) in [5.41, 5.74) is 8.11. The first-order chi connectivity index (χ1) is 13.2. The van der Waals surface area contributed by atoms with Crippen molar-refractivity contribution in [3.63, 3.8) is 0 Å². The number of nitrogens with one attached hydrogen (secondary N) is 1. The predicted octanol–water partition coefficient (Wildman–Crippen LogP) is 1.42. The number of furan rings is 1. The fraction of sp³-hybridized carbons (Fsp3) is 0.100. The van der Waals surface area contributed by atoms with Crippen LogP contribution in [0, 0.1) is 0 Å². The smallest absolute Gasteiger partial charge is 0.270 e. The molecule has 4 rings (SSSR count). The van der Waals surface area contributed by atoms with Crippen molar-refractivity contribution in [3.05, 3.63) is 77.7 Å². The molecule has 136 valence electrons. The molecular formula is C20H18N4O3. The van der Waals surface area contributed by atoms with Crippen molar-refractivity contribution >= 4 is 23.1 Å². The Balaban J connectivity index is 1.76. The van der Waals surface area contributed by atoms with E-state index >= 15 is 0 Å². The normalized spacial score (nSPS) is 15.7. The molecule has 2 heterocycles. The summed E-state index contributed by atoms with van der Waals surface area (Å²) in [7, 11) is 1.60. The molecule has 3 aromatic rings. The van der Waals surface area contributed by atoms with E-state index in [-0.39, 0.29) is 5.91 Å². The van der Waals surface area contributed by atoms with E-state index in [1.54, 1.807) is 30.2 Å². The second kappa shape index (κ2) is 6.87. The van der Waals surface area contributed by atoms with Gasteiger partial charge >= 0.3 is 0 Å². The van der Waals surface area contributed by atoms with Crippen molar-refractivity contribution < 1.29 is 13.9 Å². The topological polar surface area (TPSA) is 93.1 Å². The number of para-hydroxylation sites is 1. The standard InChI is InChI=1S/C20H18N4O3/c1-26-15-9-7-14(8-10-15)24-17(21)16-11-12-27-20(16)23-18(24)19(25)22-13-5-3-2-4-6-13/h2-12,18H,21H2,1H3,(H,22,25). The molecule has 1 amide bonds. The molecule has 27 heavy (non-hydrogen) atoms. The molecule has 3 N–H and O–H groups in total. The molecule has 1 unspecified atom stereocenters. The summed E-state index contributed by atoms with van der Waals surface area (Å²) in [6.45, 7) is 0. The Labute approximate surface area is 155 Å². The molecule has 0 bridgehead atoms. The van der Waals surface area contributed by atoms with Crippen LogP contribution in [0.15, 0.2) is 76.3 Å². The molecule has 0 saturated carbocycles. The lowest BCUT2D eigenvalue weighted by Crippen LogP contribution is -2.52. The van der Waals surface area contributed by atoms with Crippen LogP contribution in [0.1, 0.15) is 0 Å². The number of ether oxygens (including phenoxy) is 1. The summed E-state index contributed by atoms with van der Waals surface area (Å²) < 4.78 is 10.6. The van der Waals surface area contributed by atoms with Crippen LogP contribution in [0.5, 0.6) is 5.75 Å². The van der Waals surface area contributed by atoms with Crippen LogP contribution < -0.4 is 31.5 Å². The minimum absolute atomic E-state index is 0.318. The summed E-state index contributed by atoms with van der Waals surface area (Å²) in [6, 6.07) is 18.2. The lowest BCUT2D eigenvalue weighted by Gasteiger charge is -2.31. The second-order valence-electron chi connectivity index (χ2n) is 5.95. The van der Waals surface area contributed by atoms with Crippen molar-refractivity contribution in [2.45, 2.75) is 6.17 Å². The third-order valence-corrected chi connectivity index (χ3v) is 4.29. The zero-order valence-electron chi connectivity index (χ0n) is 14.6. The first-order valence-corrected chi connectivity index (χ1v) is 8.37. The van der Waals surface area contributed by atoms with Crippen LogP contribution in [0.4, 0.5) is 11.4 Å². The van der Waals surface area contributed by atoms with Gasteiger partial charge in [-0.3, -0.25) is 9.69 Å². The van der Waals surface area contributed by atoms with Gasteiger partial charge in [-0.05, 0) is 42.5 Å². The van der Waals surface area contributed by atoms with Gasteiger partial charge in [0, 0.05) is 11.4 Å². The van der Waals surface area contributed by atoms with Crippen LogP contribution in [0.2, 0.25) is 0 Å². The highest BCUT2D eigenvalue weighted by molar-refractivity contribution is 5.98. The molecule has 0 radical (unpaired) electrons. The average molecular weight is 362 g/mol. The van der Waals surface area contributed by atoms with Gasteiger partial charge in [0.1, 0.15) is 11.6 Å². The van der Waals surface area contributed by atoms with Crippen LogP contribution in [0.3, 0.4) is 0 Å². The summed E-state index contributed by atoms with van der Waals surface area (Å²) in [4.78, 5) is 19.1. The Kier molecular flexibility index (Phi) is 4.25. The third-order valence-electron chi connectivity index (χ3n) is 4.29. The monoisotopic (exact) mass is 362 g/mol. The van der Waals surface area contributed by atoms with Gasteiger partial charge in [0.25, 0.3) is 5.91 Å². The average Bonchev–Trinajstić information content (AvgIpc) is 3.18. The Morgan fingerprint density at radius 3 is 2.59 bits per heavy atom. The highest BCUT2D eigenvalue weighted by atomic mass is 16.5. The maximum atomic E-state index is 13.0. The minimum Gasteiger partial charge on any atom is -0.497 e. The largest absolute Gasteiger partial charge is 0.497 e. The van der Waals surface area contributed by atoms with Crippen molar-refractivity contribution in [2.75, 3.05) is 17.3 Å². The van der Waals surface area contributed by atoms with Gasteiger partial charge in [-0.25, -0.2) is 4.99 Å². The van der Waals surface area contributed by atoms with Gasteiger partial charge in [0.05, 0.1) is 18.6 Å². The highest BCUT2D eigenvalue weighted by Gasteiger charge is 2.31. The number of nitrogens with two attached hydrogens (primary N) is 1. The number of fused-ring (bicyclic) bond motifs is 1. The number of methoxy groups -OCH3 is 1. The van der Waals surface area contributed by atoms with E-state index in [4.69, 9.17) is 14.9 Å². The van der Waals surface area contributed by atoms with E-state index in [1.165, 1.54) is 6.26 Å². The first kappa shape index (κ1) is 16.7. The predicted molar refractivity (Wildman–Crippen MR) is 101 cm³/mol. The second-order valence-corrected chi connectivity index (χ2v) is 5.95. The molecule has 7 heteroatoms. The Morgan fingerprint density at radius 1 is 1.15 bits per heavy atom. The number of carbonyl (C=O) groups is 1. The minimum atomic E-state index is -0.905. The SMILES string of the molecule is COc1ccc(N2C(N)=c3ccoc3=NC2C(=O)Nc2ccccc2)cc1. The molecule has 1 aliphatic heterocycles. The number of hydrogen-bond donors (Lipinski definition) is 2. The number of anilines is 2. The lowest BCUT2D eigenvalue weighted by atomic mass is 10.2. The maximum Gasteiger partial charge on any atom is 0.270 e. The van der Waals surface area contributed by atoms with Gasteiger partial charge < -0.3 is 20.2 Å². The first-order valence-electron chi connectivity index (χ1n) is 8.37. The van der Waals surface area contributed by atoms with Crippen molar-refractivity contribution in [1.29, 1.82) is 0 Å². The number of hydrogen-bond acceptors (Lipinski definition) is 6. The molecule has 2 aromatic carbocycles. The Morgan fingerprint density at radius 2 is 1.89 bits per heavy atom. The van der Waals surface area contributed by atoms with Gasteiger partial charge in [-0.2, -0.15) is 0 Å². The molecule has 1 aromatic heterocycles. The van der Waals surface area contributed by atoms with Crippen molar-refractivity contribution in [2.24, 2.45) is 10.7 Å². The van der Waals surface area contributed by atoms with Crippen molar-refractivity contribution in [3.8, 4) is 5.75 Å². The number of benzene rings is 2. The van der Waals surface area contributed by atoms with E-state index in [0.717, 1.165) is 5.69 Å². The van der Waals surface area contributed by atoms with E-state index in [0.29, 0.717) is 28.0 Å². The van der Waals surface area contributed by atoms with E-state index in [2.05, 4.69) is 10.3 Å². The van der Waals surface area contributed by atoms with Crippen LogP contribution in [-0.4, -0.2) is 19.2 Å².